The molecule has 2 aliphatic heterocycles. The average Bonchev–Trinajstić information content (AvgIpc) is 3.55. The predicted octanol–water partition coefficient (Wildman–Crippen LogP) is 2.55. The van der Waals surface area contributed by atoms with Gasteiger partial charge < -0.3 is 37.0 Å². The molecule has 4 N–H and O–H groups in total. The number of amides is 3. The fourth-order valence-electron chi connectivity index (χ4n) is 4.78. The smallest absolute Gasteiger partial charge is 0.480 e. The van der Waals surface area contributed by atoms with Crippen LogP contribution in [0.3, 0.4) is 0 Å². The molecule has 228 valence electrons. The van der Waals surface area contributed by atoms with E-state index in [0.717, 1.165) is 0 Å². The minimum Gasteiger partial charge on any atom is -0.480 e. The number of aromatic amines is 1. The molecule has 0 aliphatic carbocycles. The van der Waals surface area contributed by atoms with Gasteiger partial charge in [0.2, 0.25) is 17.7 Å². The first-order chi connectivity index (χ1) is 19.0. The molecule has 3 heterocycles. The van der Waals surface area contributed by atoms with Gasteiger partial charge in [0.05, 0.1) is 0 Å². The molecule has 2 aliphatic rings. The van der Waals surface area contributed by atoms with Crippen LogP contribution in [0.25, 0.3) is 0 Å². The van der Waals surface area contributed by atoms with E-state index in [0.29, 0.717) is 25.6 Å². The quantitative estimate of drug-likeness (QED) is 0.117. The Bertz CT molecular complexity index is 1160. The molecule has 11 nitrogen and oxygen atoms in total. The monoisotopic (exact) mass is 786 g/mol. The zero-order valence-electron chi connectivity index (χ0n) is 23.8. The number of rotatable bonds is 11. The van der Waals surface area contributed by atoms with Gasteiger partial charge in [0.15, 0.2) is 0 Å². The summed E-state index contributed by atoms with van der Waals surface area (Å²) in [4.78, 5) is 51.4. The van der Waals surface area contributed by atoms with Crippen LogP contribution in [0, 0.1) is 6.20 Å². The van der Waals surface area contributed by atoms with E-state index in [1.54, 1.807) is 44.2 Å². The molecule has 14 heteroatoms. The Morgan fingerprint density at radius 1 is 1.17 bits per heavy atom. The molecule has 1 aromatic carbocycles. The topological polar surface area (TPSA) is 157 Å². The summed E-state index contributed by atoms with van der Waals surface area (Å²) in [6.45, 7) is 10.4. The third kappa shape index (κ3) is 8.64. The van der Waals surface area contributed by atoms with E-state index in [1.807, 2.05) is 0 Å². The Labute approximate surface area is 262 Å². The molecule has 3 amide bonds. The first-order valence-corrected chi connectivity index (χ1v) is 16.2. The molecule has 0 unspecified atom stereocenters. The summed E-state index contributed by atoms with van der Waals surface area (Å²) in [7, 11) is 0.446. The van der Waals surface area contributed by atoms with Crippen molar-refractivity contribution < 1.29 is 46.7 Å². The van der Waals surface area contributed by atoms with Crippen LogP contribution in [0.1, 0.15) is 58.3 Å². The summed E-state index contributed by atoms with van der Waals surface area (Å²) in [6, 6.07) is 5.86. The minimum absolute atomic E-state index is 0. The Balaban J connectivity index is 0.000000655. The van der Waals surface area contributed by atoms with Crippen LogP contribution in [0.4, 0.5) is 0 Å². The first-order valence-electron chi connectivity index (χ1n) is 13.4. The number of carboxylic acid groups (broad SMARTS) is 1. The molecule has 0 radical (unpaired) electrons. The van der Waals surface area contributed by atoms with Crippen LogP contribution in [-0.4, -0.2) is 89.8 Å². The van der Waals surface area contributed by atoms with Gasteiger partial charge in [-0.05, 0) is 44.3 Å². The first kappa shape index (κ1) is 35.0. The van der Waals surface area contributed by atoms with Crippen molar-refractivity contribution in [2.24, 2.45) is 0 Å². The number of aryl methyl sites for hydroxylation is 1. The Morgan fingerprint density at radius 2 is 1.80 bits per heavy atom. The molecular formula is C27H38AuN6O5PS. The van der Waals surface area contributed by atoms with Crippen LogP contribution in [0.2, 0.25) is 0 Å². The van der Waals surface area contributed by atoms with Crippen molar-refractivity contribution in [2.75, 3.05) is 18.5 Å². The number of carbonyl (C=O) groups is 4. The zero-order valence-corrected chi connectivity index (χ0v) is 27.7. The van der Waals surface area contributed by atoms with Crippen molar-refractivity contribution >= 4 is 43.4 Å². The van der Waals surface area contributed by atoms with E-state index in [4.69, 9.17) is 0 Å². The summed E-state index contributed by atoms with van der Waals surface area (Å²) >= 11 is 1.34. The summed E-state index contributed by atoms with van der Waals surface area (Å²) in [5.74, 6) is -2.43. The number of hydrogen-bond acceptors (Lipinski definition) is 7. The van der Waals surface area contributed by atoms with Crippen molar-refractivity contribution in [1.82, 2.24) is 30.9 Å². The maximum absolute atomic E-state index is 13.2. The van der Waals surface area contributed by atoms with Gasteiger partial charge in [-0.2, -0.15) is 0 Å². The Hall–Kier alpha value is -2.24. The number of H-pyrrole nitrogens is 1. The maximum atomic E-state index is 13.2. The third-order valence-corrected chi connectivity index (χ3v) is 11.3. The molecule has 2 aromatic rings. The number of carbonyl (C=O) groups excluding carboxylic acids is 3. The van der Waals surface area contributed by atoms with E-state index in [1.165, 1.54) is 35.1 Å². The van der Waals surface area contributed by atoms with E-state index < -0.39 is 46.0 Å². The van der Waals surface area contributed by atoms with E-state index in [9.17, 15) is 24.3 Å². The maximum Gasteiger partial charge on any atom is 1.00 e. The Kier molecular flexibility index (Phi) is 13.5. The van der Waals surface area contributed by atoms with Gasteiger partial charge in [-0.15, -0.1) is 30.6 Å². The summed E-state index contributed by atoms with van der Waals surface area (Å²) in [5, 5.41) is 24.2. The molecule has 4 atom stereocenters. The molecule has 2 fully saturated rings. The minimum atomic E-state index is -1.08. The normalized spacial score (nSPS) is 21.0. The van der Waals surface area contributed by atoms with Gasteiger partial charge >= 0.3 is 28.3 Å². The number of aromatic nitrogens is 3. The average molecular weight is 787 g/mol. The van der Waals surface area contributed by atoms with Gasteiger partial charge in [-0.1, -0.05) is 51.1 Å². The number of hydrogen-bond donors (Lipinski definition) is 4. The fraction of sp³-hybridized carbons (Fsp3) is 0.556. The fourth-order valence-corrected chi connectivity index (χ4v) is 7.74. The number of nitrogens with one attached hydrogen (secondary N) is 3. The number of fused-ring (bicyclic) bond motifs is 1. The molecule has 4 rings (SSSR count). The number of nitrogens with zero attached hydrogens (tertiary/aromatic N) is 3. The van der Waals surface area contributed by atoms with Crippen molar-refractivity contribution in [2.45, 2.75) is 75.7 Å². The predicted molar refractivity (Wildman–Crippen MR) is 155 cm³/mol. The van der Waals surface area contributed by atoms with Crippen molar-refractivity contribution in [3.63, 3.8) is 0 Å². The number of aliphatic carboxylic acids is 1. The molecule has 41 heavy (non-hydrogen) atoms. The van der Waals surface area contributed by atoms with Gasteiger partial charge in [0.1, 0.15) is 23.5 Å². The van der Waals surface area contributed by atoms with Gasteiger partial charge in [-0.3, -0.25) is 14.4 Å². The van der Waals surface area contributed by atoms with Crippen LogP contribution in [0.15, 0.2) is 30.3 Å². The second-order valence-electron chi connectivity index (χ2n) is 10.0. The third-order valence-electron chi connectivity index (χ3n) is 7.04. The molecule has 0 spiro atoms. The number of thioether (sulfide) groups is 1. The van der Waals surface area contributed by atoms with Gasteiger partial charge in [0.25, 0.3) is 0 Å². The second-order valence-corrected chi connectivity index (χ2v) is 15.0. The summed E-state index contributed by atoms with van der Waals surface area (Å²) < 4.78 is -0.697. The number of carboxylic acids is 1. The second kappa shape index (κ2) is 15.8. The standard InChI is InChI=1S/C21H23N6O5S.C6H15P.Au/c1-21(2)16(20(31)32)27-18(30)15(19(27)33-21)24-17(29)14(11-6-4-3-5-7-11)23-13(28)9-8-12-10-22-26-25-12;1-4-7(5-2)6-3;/h3-7,14-16,19H,8-9H2,1-2H3,(H,23,28)(H,24,29)(H,31,32)(H,22,25,26);4-6H2,1-3H3;/q-1;;+1/t14-,15-,16+,19-;;/m1../s1. The van der Waals surface area contributed by atoms with Crippen LogP contribution < -0.4 is 10.6 Å². The number of β-lactam (4-membered cyclic amide) rings is 1. The van der Waals surface area contributed by atoms with E-state index in [-0.39, 0.29) is 34.7 Å². The van der Waals surface area contributed by atoms with Crippen LogP contribution >= 0.6 is 19.7 Å². The Morgan fingerprint density at radius 3 is 2.32 bits per heavy atom. The molecular weight excluding hydrogens is 748 g/mol. The zero-order chi connectivity index (χ0) is 29.4. The number of benzene rings is 1. The summed E-state index contributed by atoms with van der Waals surface area (Å²) in [5.41, 5.74) is 1.13. The summed E-state index contributed by atoms with van der Waals surface area (Å²) in [6.07, 6.45) is 7.29. The molecule has 1 aromatic heterocycles. The van der Waals surface area contributed by atoms with Crippen LogP contribution in [-0.2, 0) is 48.0 Å². The van der Waals surface area contributed by atoms with Gasteiger partial charge in [-0.25, -0.2) is 4.79 Å². The van der Waals surface area contributed by atoms with E-state index >= 15 is 0 Å². The SMILES string of the molecule is CC1(C)S[C@@H]2[C@H](NC(=O)[C@H](NC(=O)CCc3[c-]nn[nH]3)c3ccccc3)C(=O)N2[C@H]1C(=O)O.CCP(CC)CC.[Au+]. The molecule has 0 bridgehead atoms. The van der Waals surface area contributed by atoms with Crippen molar-refractivity contribution in [3.8, 4) is 0 Å². The van der Waals surface area contributed by atoms with Crippen molar-refractivity contribution in [1.29, 1.82) is 0 Å². The molecule has 0 saturated carbocycles. The largest absolute Gasteiger partial charge is 1.00 e. The van der Waals surface area contributed by atoms with Crippen molar-refractivity contribution in [3.05, 3.63) is 47.8 Å². The van der Waals surface area contributed by atoms with E-state index in [2.05, 4.69) is 53.0 Å². The van der Waals surface area contributed by atoms with Gasteiger partial charge in [0, 0.05) is 11.2 Å². The van der Waals surface area contributed by atoms with Crippen LogP contribution in [0.5, 0.6) is 0 Å². The molecule has 2 saturated heterocycles.